The second-order valence-electron chi connectivity index (χ2n) is 4.15. The van der Waals surface area contributed by atoms with Gasteiger partial charge in [-0.25, -0.2) is 4.98 Å². The predicted octanol–water partition coefficient (Wildman–Crippen LogP) is -0.781. The van der Waals surface area contributed by atoms with Crippen LogP contribution in [0.25, 0.3) is 5.65 Å². The van der Waals surface area contributed by atoms with Crippen LogP contribution in [0.15, 0.2) is 24.4 Å². The summed E-state index contributed by atoms with van der Waals surface area (Å²) < 4.78 is 1.78. The molecule has 0 saturated heterocycles. The molecule has 7 nitrogen and oxygen atoms in total. The molecule has 0 aromatic carbocycles. The standard InChI is InChI=1S/C12H14N4O3/c1-7-3-2-4-10-15-8(6-16(7)10)12(19)14-5-9(17)11(13)18/h2-4,6,9,17H,5H2,1H3,(H2,13,18)(H,14,19). The van der Waals surface area contributed by atoms with Crippen LogP contribution in [-0.4, -0.2) is 39.0 Å². The predicted molar refractivity (Wildman–Crippen MR) is 67.5 cm³/mol. The van der Waals surface area contributed by atoms with Gasteiger partial charge >= 0.3 is 0 Å². The van der Waals surface area contributed by atoms with E-state index in [9.17, 15) is 14.7 Å². The first kappa shape index (κ1) is 13.0. The van der Waals surface area contributed by atoms with Crippen LogP contribution in [-0.2, 0) is 4.79 Å². The third-order valence-electron chi connectivity index (χ3n) is 2.71. The summed E-state index contributed by atoms with van der Waals surface area (Å²) in [4.78, 5) is 26.6. The van der Waals surface area contributed by atoms with Crippen molar-refractivity contribution in [3.05, 3.63) is 35.8 Å². The molecule has 0 spiro atoms. The zero-order chi connectivity index (χ0) is 14.0. The quantitative estimate of drug-likeness (QED) is 0.671. The lowest BCUT2D eigenvalue weighted by Gasteiger charge is -2.06. The number of aliphatic hydroxyl groups is 1. The molecular weight excluding hydrogens is 248 g/mol. The van der Waals surface area contributed by atoms with Gasteiger partial charge in [0.25, 0.3) is 5.91 Å². The minimum absolute atomic E-state index is 0.214. The number of nitrogens with zero attached hydrogens (tertiary/aromatic N) is 2. The molecule has 1 unspecified atom stereocenters. The van der Waals surface area contributed by atoms with E-state index >= 15 is 0 Å². The molecule has 4 N–H and O–H groups in total. The zero-order valence-corrected chi connectivity index (χ0v) is 10.3. The van der Waals surface area contributed by atoms with Gasteiger partial charge in [-0.15, -0.1) is 0 Å². The Kier molecular flexibility index (Phi) is 3.48. The average molecular weight is 262 g/mol. The summed E-state index contributed by atoms with van der Waals surface area (Å²) in [6, 6.07) is 5.52. The van der Waals surface area contributed by atoms with Crippen LogP contribution >= 0.6 is 0 Å². The Bertz CT molecular complexity index is 635. The van der Waals surface area contributed by atoms with Crippen molar-refractivity contribution >= 4 is 17.5 Å². The largest absolute Gasteiger partial charge is 0.381 e. The van der Waals surface area contributed by atoms with Gasteiger partial charge in [-0.1, -0.05) is 6.07 Å². The summed E-state index contributed by atoms with van der Waals surface area (Å²) in [5.41, 5.74) is 6.69. The van der Waals surface area contributed by atoms with Gasteiger partial charge in [-0.2, -0.15) is 0 Å². The van der Waals surface area contributed by atoms with Crippen molar-refractivity contribution in [1.29, 1.82) is 0 Å². The van der Waals surface area contributed by atoms with Crippen molar-refractivity contribution < 1.29 is 14.7 Å². The summed E-state index contributed by atoms with van der Waals surface area (Å²) in [7, 11) is 0. The normalized spacial score (nSPS) is 12.3. The first-order chi connectivity index (χ1) is 8.99. The Morgan fingerprint density at radius 3 is 2.89 bits per heavy atom. The van der Waals surface area contributed by atoms with E-state index in [0.717, 1.165) is 5.69 Å². The number of carbonyl (C=O) groups excluding carboxylic acids is 2. The molecule has 7 heteroatoms. The summed E-state index contributed by atoms with van der Waals surface area (Å²) in [5, 5.41) is 11.6. The first-order valence-corrected chi connectivity index (χ1v) is 5.69. The third-order valence-corrected chi connectivity index (χ3v) is 2.71. The Labute approximate surface area is 109 Å². The van der Waals surface area contributed by atoms with Crippen LogP contribution in [0.2, 0.25) is 0 Å². The van der Waals surface area contributed by atoms with Gasteiger partial charge in [0.05, 0.1) is 6.54 Å². The highest BCUT2D eigenvalue weighted by atomic mass is 16.3. The molecule has 2 amide bonds. The fourth-order valence-electron chi connectivity index (χ4n) is 1.64. The van der Waals surface area contributed by atoms with Crippen molar-refractivity contribution in [1.82, 2.24) is 14.7 Å². The monoisotopic (exact) mass is 262 g/mol. The highest BCUT2D eigenvalue weighted by Crippen LogP contribution is 2.08. The number of pyridine rings is 1. The first-order valence-electron chi connectivity index (χ1n) is 5.69. The highest BCUT2D eigenvalue weighted by Gasteiger charge is 2.15. The van der Waals surface area contributed by atoms with Gasteiger partial charge in [-0.05, 0) is 19.1 Å². The number of carbonyl (C=O) groups is 2. The number of amides is 2. The van der Waals surface area contributed by atoms with E-state index in [4.69, 9.17) is 5.73 Å². The number of fused-ring (bicyclic) bond motifs is 1. The maximum Gasteiger partial charge on any atom is 0.271 e. The zero-order valence-electron chi connectivity index (χ0n) is 10.3. The van der Waals surface area contributed by atoms with E-state index in [1.165, 1.54) is 0 Å². The van der Waals surface area contributed by atoms with Gasteiger partial charge in [0.15, 0.2) is 0 Å². The lowest BCUT2D eigenvalue weighted by atomic mass is 10.3. The van der Waals surface area contributed by atoms with E-state index in [0.29, 0.717) is 5.65 Å². The van der Waals surface area contributed by atoms with Gasteiger partial charge in [-0.3, -0.25) is 9.59 Å². The van der Waals surface area contributed by atoms with E-state index in [2.05, 4.69) is 10.3 Å². The number of hydrogen-bond donors (Lipinski definition) is 3. The second-order valence-corrected chi connectivity index (χ2v) is 4.15. The average Bonchev–Trinajstić information content (AvgIpc) is 2.80. The molecule has 2 heterocycles. The molecular formula is C12H14N4O3. The molecule has 0 radical (unpaired) electrons. The van der Waals surface area contributed by atoms with E-state index < -0.39 is 17.9 Å². The van der Waals surface area contributed by atoms with Gasteiger partial charge in [0.1, 0.15) is 17.4 Å². The second kappa shape index (κ2) is 5.07. The molecule has 19 heavy (non-hydrogen) atoms. The molecule has 0 fully saturated rings. The Morgan fingerprint density at radius 2 is 2.26 bits per heavy atom. The Morgan fingerprint density at radius 1 is 1.53 bits per heavy atom. The van der Waals surface area contributed by atoms with Crippen LogP contribution in [0.3, 0.4) is 0 Å². The number of imidazole rings is 1. The van der Waals surface area contributed by atoms with E-state index in [-0.39, 0.29) is 12.2 Å². The number of aliphatic hydroxyl groups excluding tert-OH is 1. The number of aryl methyl sites for hydroxylation is 1. The van der Waals surface area contributed by atoms with Crippen LogP contribution in [0.1, 0.15) is 16.2 Å². The summed E-state index contributed by atoms with van der Waals surface area (Å²) in [5.74, 6) is -1.35. The maximum atomic E-state index is 11.8. The molecule has 1 atom stereocenters. The molecule has 0 bridgehead atoms. The number of aromatic nitrogens is 2. The molecule has 2 rings (SSSR count). The minimum atomic E-state index is -1.40. The lowest BCUT2D eigenvalue weighted by Crippen LogP contribution is -2.40. The van der Waals surface area contributed by atoms with Gasteiger partial charge in [0, 0.05) is 11.9 Å². The van der Waals surface area contributed by atoms with E-state index in [1.807, 2.05) is 19.1 Å². The summed E-state index contributed by atoms with van der Waals surface area (Å²) >= 11 is 0. The molecule has 0 aliphatic rings. The molecule has 0 aliphatic carbocycles. The van der Waals surface area contributed by atoms with E-state index in [1.54, 1.807) is 16.7 Å². The van der Waals surface area contributed by atoms with Crippen LogP contribution in [0.4, 0.5) is 0 Å². The fraction of sp³-hybridized carbons (Fsp3) is 0.250. The highest BCUT2D eigenvalue weighted by molar-refractivity contribution is 5.93. The Hall–Kier alpha value is -2.41. The molecule has 0 saturated carbocycles. The molecule has 0 aliphatic heterocycles. The fourth-order valence-corrected chi connectivity index (χ4v) is 1.64. The van der Waals surface area contributed by atoms with Crippen molar-refractivity contribution in [2.24, 2.45) is 5.73 Å². The molecule has 100 valence electrons. The number of nitrogens with one attached hydrogen (secondary N) is 1. The number of nitrogens with two attached hydrogens (primary N) is 1. The molecule has 2 aromatic heterocycles. The number of primary amides is 1. The lowest BCUT2D eigenvalue weighted by molar-refractivity contribution is -0.125. The van der Waals surface area contributed by atoms with Crippen LogP contribution < -0.4 is 11.1 Å². The van der Waals surface area contributed by atoms with Crippen LogP contribution in [0.5, 0.6) is 0 Å². The Balaban J connectivity index is 2.14. The maximum absolute atomic E-state index is 11.8. The van der Waals surface area contributed by atoms with Crippen molar-refractivity contribution in [3.63, 3.8) is 0 Å². The smallest absolute Gasteiger partial charge is 0.271 e. The van der Waals surface area contributed by atoms with Crippen molar-refractivity contribution in [2.75, 3.05) is 6.54 Å². The van der Waals surface area contributed by atoms with Gasteiger partial charge in [0.2, 0.25) is 5.91 Å². The van der Waals surface area contributed by atoms with Crippen molar-refractivity contribution in [2.45, 2.75) is 13.0 Å². The minimum Gasteiger partial charge on any atom is -0.381 e. The number of rotatable bonds is 4. The van der Waals surface area contributed by atoms with Gasteiger partial charge < -0.3 is 20.6 Å². The molecule has 2 aromatic rings. The summed E-state index contributed by atoms with van der Waals surface area (Å²) in [6.07, 6.45) is 0.194. The SMILES string of the molecule is Cc1cccc2nc(C(=O)NCC(O)C(N)=O)cn12. The van der Waals surface area contributed by atoms with Crippen LogP contribution in [0, 0.1) is 6.92 Å². The van der Waals surface area contributed by atoms with Crippen molar-refractivity contribution in [3.8, 4) is 0 Å². The third kappa shape index (κ3) is 2.71. The topological polar surface area (TPSA) is 110 Å². The summed E-state index contributed by atoms with van der Waals surface area (Å²) in [6.45, 7) is 1.66. The number of hydrogen-bond acceptors (Lipinski definition) is 4.